The molecule has 0 aromatic heterocycles. The number of primary amides is 1. The van der Waals surface area contributed by atoms with E-state index in [1.807, 2.05) is 18.2 Å². The van der Waals surface area contributed by atoms with Gasteiger partial charge in [0.1, 0.15) is 0 Å². The van der Waals surface area contributed by atoms with Crippen molar-refractivity contribution in [2.45, 2.75) is 18.6 Å². The molecule has 2 aromatic rings. The highest BCUT2D eigenvalue weighted by molar-refractivity contribution is 7.88. The molecule has 1 saturated heterocycles. The van der Waals surface area contributed by atoms with Crippen molar-refractivity contribution in [2.75, 3.05) is 18.4 Å². The molecule has 3 N–H and O–H groups in total. The summed E-state index contributed by atoms with van der Waals surface area (Å²) in [6, 6.07) is 15.5. The average molecular weight is 401 g/mol. The molecular formula is C20H23N3O4S. The molecule has 0 aliphatic carbocycles. The van der Waals surface area contributed by atoms with Crippen LogP contribution in [-0.2, 0) is 20.6 Å². The topological polar surface area (TPSA) is 110 Å². The van der Waals surface area contributed by atoms with Crippen LogP contribution in [0.25, 0.3) is 0 Å². The zero-order chi connectivity index (χ0) is 20.1. The highest BCUT2D eigenvalue weighted by Gasteiger charge is 2.31. The van der Waals surface area contributed by atoms with E-state index in [2.05, 4.69) is 5.32 Å². The third kappa shape index (κ3) is 4.96. The standard InChI is InChI=1S/C20H23N3O4S/c21-19(24)17-7-4-8-18(13-17)22-20(25)16-9-11-23(12-10-16)28(26,27)14-15-5-2-1-3-6-15/h1-8,13,16H,9-12,14H2,(H2,21,24)(H,22,25). The Morgan fingerprint density at radius 1 is 1.04 bits per heavy atom. The summed E-state index contributed by atoms with van der Waals surface area (Å²) in [7, 11) is -3.41. The number of carbonyl (C=O) groups excluding carboxylic acids is 2. The van der Waals surface area contributed by atoms with Gasteiger partial charge in [0.05, 0.1) is 5.75 Å². The number of nitrogens with one attached hydrogen (secondary N) is 1. The van der Waals surface area contributed by atoms with Crippen LogP contribution in [0.15, 0.2) is 54.6 Å². The minimum atomic E-state index is -3.41. The van der Waals surface area contributed by atoms with Gasteiger partial charge in [-0.05, 0) is 36.6 Å². The lowest BCUT2D eigenvalue weighted by Crippen LogP contribution is -2.41. The molecule has 1 fully saturated rings. The van der Waals surface area contributed by atoms with Gasteiger partial charge in [-0.2, -0.15) is 0 Å². The van der Waals surface area contributed by atoms with E-state index in [4.69, 9.17) is 5.73 Å². The molecule has 0 atom stereocenters. The summed E-state index contributed by atoms with van der Waals surface area (Å²) in [5, 5.41) is 2.79. The van der Waals surface area contributed by atoms with E-state index < -0.39 is 15.9 Å². The molecule has 1 heterocycles. The smallest absolute Gasteiger partial charge is 0.248 e. The number of amides is 2. The van der Waals surface area contributed by atoms with Crippen molar-refractivity contribution in [3.8, 4) is 0 Å². The quantitative estimate of drug-likeness (QED) is 0.771. The lowest BCUT2D eigenvalue weighted by molar-refractivity contribution is -0.120. The molecule has 0 saturated carbocycles. The molecule has 3 rings (SSSR count). The average Bonchev–Trinajstić information content (AvgIpc) is 2.68. The Labute approximate surface area is 164 Å². The summed E-state index contributed by atoms with van der Waals surface area (Å²) in [6.07, 6.45) is 0.907. The number of sulfonamides is 1. The largest absolute Gasteiger partial charge is 0.366 e. The Kier molecular flexibility index (Phi) is 6.11. The molecule has 0 spiro atoms. The van der Waals surface area contributed by atoms with Crippen LogP contribution in [0.3, 0.4) is 0 Å². The predicted molar refractivity (Wildman–Crippen MR) is 107 cm³/mol. The second-order valence-corrected chi connectivity index (χ2v) is 8.82. The lowest BCUT2D eigenvalue weighted by atomic mass is 9.97. The van der Waals surface area contributed by atoms with Gasteiger partial charge in [-0.3, -0.25) is 9.59 Å². The van der Waals surface area contributed by atoms with Gasteiger partial charge in [0, 0.05) is 30.3 Å². The Hall–Kier alpha value is -2.71. The molecule has 2 aromatic carbocycles. The molecule has 28 heavy (non-hydrogen) atoms. The van der Waals surface area contributed by atoms with E-state index >= 15 is 0 Å². The first-order chi connectivity index (χ1) is 13.3. The Morgan fingerprint density at radius 2 is 1.71 bits per heavy atom. The van der Waals surface area contributed by atoms with Gasteiger partial charge in [0.25, 0.3) is 0 Å². The summed E-state index contributed by atoms with van der Waals surface area (Å²) in [4.78, 5) is 23.7. The molecule has 0 radical (unpaired) electrons. The molecular weight excluding hydrogens is 378 g/mol. The highest BCUT2D eigenvalue weighted by Crippen LogP contribution is 2.23. The molecule has 1 aliphatic rings. The number of carbonyl (C=O) groups is 2. The third-order valence-electron chi connectivity index (χ3n) is 4.82. The van der Waals surface area contributed by atoms with Crippen LogP contribution >= 0.6 is 0 Å². The van der Waals surface area contributed by atoms with Gasteiger partial charge in [-0.15, -0.1) is 0 Å². The summed E-state index contributed by atoms with van der Waals surface area (Å²) >= 11 is 0. The zero-order valence-corrected chi connectivity index (χ0v) is 16.2. The minimum Gasteiger partial charge on any atom is -0.366 e. The van der Waals surface area contributed by atoms with E-state index in [0.29, 0.717) is 37.2 Å². The number of rotatable bonds is 6. The minimum absolute atomic E-state index is 0.0371. The first-order valence-electron chi connectivity index (χ1n) is 9.07. The van der Waals surface area contributed by atoms with Crippen molar-refractivity contribution in [1.82, 2.24) is 4.31 Å². The van der Waals surface area contributed by atoms with Gasteiger partial charge >= 0.3 is 0 Å². The lowest BCUT2D eigenvalue weighted by Gasteiger charge is -2.30. The fourth-order valence-corrected chi connectivity index (χ4v) is 4.83. The van der Waals surface area contributed by atoms with E-state index in [-0.39, 0.29) is 17.6 Å². The van der Waals surface area contributed by atoms with Crippen LogP contribution in [-0.4, -0.2) is 37.6 Å². The maximum absolute atomic E-state index is 12.6. The first kappa shape index (κ1) is 20.0. The fraction of sp³-hybridized carbons (Fsp3) is 0.300. The van der Waals surface area contributed by atoms with Crippen molar-refractivity contribution in [2.24, 2.45) is 11.7 Å². The summed E-state index contributed by atoms with van der Waals surface area (Å²) in [5.41, 5.74) is 6.82. The number of benzene rings is 2. The van der Waals surface area contributed by atoms with Gasteiger partial charge in [0.2, 0.25) is 21.8 Å². The van der Waals surface area contributed by atoms with Crippen LogP contribution in [0.5, 0.6) is 0 Å². The second-order valence-electron chi connectivity index (χ2n) is 6.85. The van der Waals surface area contributed by atoms with Crippen LogP contribution in [0.4, 0.5) is 5.69 Å². The predicted octanol–water partition coefficient (Wildman–Crippen LogP) is 1.97. The van der Waals surface area contributed by atoms with Gasteiger partial charge in [-0.1, -0.05) is 36.4 Å². The van der Waals surface area contributed by atoms with Crippen LogP contribution < -0.4 is 11.1 Å². The van der Waals surface area contributed by atoms with E-state index in [0.717, 1.165) is 5.56 Å². The second kappa shape index (κ2) is 8.53. The van der Waals surface area contributed by atoms with Crippen molar-refractivity contribution in [3.63, 3.8) is 0 Å². The molecule has 1 aliphatic heterocycles. The monoisotopic (exact) mass is 401 g/mol. The first-order valence-corrected chi connectivity index (χ1v) is 10.7. The molecule has 148 valence electrons. The molecule has 0 unspecified atom stereocenters. The SMILES string of the molecule is NC(=O)c1cccc(NC(=O)C2CCN(S(=O)(=O)Cc3ccccc3)CC2)c1. The zero-order valence-electron chi connectivity index (χ0n) is 15.4. The van der Waals surface area contributed by atoms with Crippen LogP contribution in [0.1, 0.15) is 28.8 Å². The number of nitrogens with two attached hydrogens (primary N) is 1. The maximum atomic E-state index is 12.6. The molecule has 8 heteroatoms. The Bertz CT molecular complexity index is 952. The van der Waals surface area contributed by atoms with E-state index in [9.17, 15) is 18.0 Å². The Morgan fingerprint density at radius 3 is 2.36 bits per heavy atom. The van der Waals surface area contributed by atoms with Crippen LogP contribution in [0.2, 0.25) is 0 Å². The highest BCUT2D eigenvalue weighted by atomic mass is 32.2. The van der Waals surface area contributed by atoms with E-state index in [1.165, 1.54) is 10.4 Å². The van der Waals surface area contributed by atoms with Gasteiger partial charge < -0.3 is 11.1 Å². The van der Waals surface area contributed by atoms with Gasteiger partial charge in [0.15, 0.2) is 0 Å². The van der Waals surface area contributed by atoms with Gasteiger partial charge in [-0.25, -0.2) is 12.7 Å². The van der Waals surface area contributed by atoms with E-state index in [1.54, 1.807) is 30.3 Å². The van der Waals surface area contributed by atoms with Crippen molar-refractivity contribution < 1.29 is 18.0 Å². The normalized spacial score (nSPS) is 15.9. The van der Waals surface area contributed by atoms with Crippen molar-refractivity contribution >= 4 is 27.5 Å². The van der Waals surface area contributed by atoms with Crippen molar-refractivity contribution in [3.05, 3.63) is 65.7 Å². The number of hydrogen-bond donors (Lipinski definition) is 2. The summed E-state index contributed by atoms with van der Waals surface area (Å²) in [5.74, 6) is -1.06. The number of hydrogen-bond acceptors (Lipinski definition) is 4. The number of anilines is 1. The van der Waals surface area contributed by atoms with Crippen molar-refractivity contribution in [1.29, 1.82) is 0 Å². The number of nitrogens with zero attached hydrogens (tertiary/aromatic N) is 1. The summed E-state index contributed by atoms with van der Waals surface area (Å²) in [6.45, 7) is 0.628. The fourth-order valence-electron chi connectivity index (χ4n) is 3.27. The Balaban J connectivity index is 1.56. The maximum Gasteiger partial charge on any atom is 0.248 e. The molecule has 7 nitrogen and oxygen atoms in total. The summed E-state index contributed by atoms with van der Waals surface area (Å²) < 4.78 is 26.7. The number of piperidine rings is 1. The molecule has 0 bridgehead atoms. The molecule has 2 amide bonds. The van der Waals surface area contributed by atoms with Crippen LogP contribution in [0, 0.1) is 5.92 Å². The third-order valence-corrected chi connectivity index (χ3v) is 6.67.